The molecule has 0 bridgehead atoms. The van der Waals surface area contributed by atoms with E-state index in [0.29, 0.717) is 17.8 Å². The molecule has 20 aromatic rings. The molecule has 12 heterocycles. The number of thiazole rings is 5. The normalized spacial score (nSPS) is 11.1. The number of imidazole rings is 5. The molecule has 0 amide bonds. The smallest absolute Gasteiger partial charge is 0.187 e. The van der Waals surface area contributed by atoms with E-state index in [-0.39, 0.29) is 5.71 Å². The Morgan fingerprint density at radius 3 is 0.951 bits per heavy atom. The van der Waals surface area contributed by atoms with Gasteiger partial charge in [-0.25, -0.2) is 59.8 Å². The van der Waals surface area contributed by atoms with E-state index < -0.39 is 0 Å². The molecule has 12 aromatic heterocycles. The Bertz CT molecular complexity index is 7440. The van der Waals surface area contributed by atoms with Crippen LogP contribution >= 0.6 is 56.7 Å². The Hall–Kier alpha value is -15.1. The molecule has 144 heavy (non-hydrogen) atoms. The van der Waals surface area contributed by atoms with Crippen molar-refractivity contribution in [3.05, 3.63) is 363 Å². The summed E-state index contributed by atoms with van der Waals surface area (Å²) in [7, 11) is 2.12. The third-order valence-electron chi connectivity index (χ3n) is 24.8. The average molecular weight is 2010 g/mol. The number of aromatic nitrogens is 17. The summed E-state index contributed by atoms with van der Waals surface area (Å²) in [6.45, 7) is 43.6. The first kappa shape index (κ1) is 102. The molecule has 0 aliphatic heterocycles. The van der Waals surface area contributed by atoms with Gasteiger partial charge < -0.3 is 50.1 Å². The van der Waals surface area contributed by atoms with Crippen LogP contribution in [-0.2, 0) is 0 Å². The van der Waals surface area contributed by atoms with Gasteiger partial charge >= 0.3 is 0 Å². The molecule has 20 rings (SSSR count). The summed E-state index contributed by atoms with van der Waals surface area (Å²) in [6, 6.07) is 64.0. The summed E-state index contributed by atoms with van der Waals surface area (Å²) in [5.74, 6) is 3.20. The molecule has 0 radical (unpaired) electrons. The second kappa shape index (κ2) is 47.2. The number of hydrogen-bond acceptors (Lipinski definition) is 24. The molecule has 0 spiro atoms. The van der Waals surface area contributed by atoms with Crippen molar-refractivity contribution in [1.29, 1.82) is 0 Å². The first-order valence-corrected chi connectivity index (χ1v) is 52.9. The molecule has 0 fully saturated rings. The van der Waals surface area contributed by atoms with E-state index in [0.717, 1.165) is 188 Å². The van der Waals surface area contributed by atoms with Gasteiger partial charge in [-0.3, -0.25) is 9.13 Å². The van der Waals surface area contributed by atoms with Gasteiger partial charge in [0.15, 0.2) is 25.7 Å². The number of anilines is 12. The fourth-order valence-corrected chi connectivity index (χ4v) is 19.6. The first-order valence-electron chi connectivity index (χ1n) is 48.5. The summed E-state index contributed by atoms with van der Waals surface area (Å²) in [5.41, 5.74) is 36.7. The van der Waals surface area contributed by atoms with Crippen LogP contribution in [0.15, 0.2) is 290 Å². The molecular formula is C115H132N24S5. The molecule has 0 saturated carbocycles. The molecule has 742 valence electrons. The van der Waals surface area contributed by atoms with Crippen molar-refractivity contribution in [2.75, 3.05) is 63.1 Å². The number of pyridine rings is 2. The molecule has 0 aliphatic rings. The zero-order valence-corrected chi connectivity index (χ0v) is 89.4. The minimum absolute atomic E-state index is 0. The Morgan fingerprint density at radius 1 is 0.319 bits per heavy atom. The fourth-order valence-electron chi connectivity index (χ4n) is 16.0. The van der Waals surface area contributed by atoms with Crippen molar-refractivity contribution in [2.45, 2.75) is 156 Å². The second-order valence-corrected chi connectivity index (χ2v) is 40.9. The van der Waals surface area contributed by atoms with Gasteiger partial charge in [0.05, 0.1) is 70.2 Å². The van der Waals surface area contributed by atoms with Gasteiger partial charge in [0.2, 0.25) is 0 Å². The molecule has 0 atom stereocenters. The third-order valence-corrected chi connectivity index (χ3v) is 28.5. The van der Waals surface area contributed by atoms with E-state index in [1.165, 1.54) is 61.4 Å². The maximum absolute atomic E-state index is 4.83. The molecule has 5 N–H and O–H groups in total. The predicted molar refractivity (Wildman–Crippen MR) is 613 cm³/mol. The average Bonchev–Trinajstić information content (AvgIpc) is 1.79. The Kier molecular flexibility index (Phi) is 33.3. The van der Waals surface area contributed by atoms with Gasteiger partial charge in [-0.15, -0.1) is 56.7 Å². The predicted octanol–water partition coefficient (Wildman–Crippen LogP) is 31.6. The minimum Gasteiger partial charge on any atom is -0.375 e. The van der Waals surface area contributed by atoms with Gasteiger partial charge in [-0.1, -0.05) is 133 Å². The lowest BCUT2D eigenvalue weighted by molar-refractivity contribution is 0.792. The third kappa shape index (κ3) is 26.0. The highest BCUT2D eigenvalue weighted by Gasteiger charge is 2.19. The maximum Gasteiger partial charge on any atom is 0.187 e. The zero-order chi connectivity index (χ0) is 101. The summed E-state index contributed by atoms with van der Waals surface area (Å²) in [5, 5.41) is 32.4. The first-order chi connectivity index (χ1) is 69.6. The highest BCUT2D eigenvalue weighted by molar-refractivity contribution is 7.15. The SMILES string of the molecule is CCCN(CC)c1ccc(C)c(Nc2nc(-c3ccc(-n4cnc(C)c4)cc3)cs2)c1.CCN(C)c1cc(Nc2nc(-c3ccc(-n4cnc(C)c4)nc3)cs2)c(C)cc1C.Cc1ccc(C(C)C)cc1Nc1nc(-c2ccc(-n3ccnc3)cc2)cs1.Cc1cn(-c2ccc(-c3csc(Nc4cc(C(C)C)ccc4C)n3)cc2)cn1.Cc1cn(-c2ccc(-c3csc(Nc4cc(C(C)C)ccc4C)n3)cn2)cn1.[HH].[HH].[HH].[HH]. The molecule has 8 aromatic carbocycles. The highest BCUT2D eigenvalue weighted by Crippen LogP contribution is 2.39. The van der Waals surface area contributed by atoms with Crippen molar-refractivity contribution in [2.24, 2.45) is 0 Å². The molecule has 0 saturated heterocycles. The van der Waals surface area contributed by atoms with Crippen LogP contribution in [0.1, 0.15) is 165 Å². The number of nitrogens with zero attached hydrogens (tertiary/aromatic N) is 19. The van der Waals surface area contributed by atoms with Gasteiger partial charge in [0.1, 0.15) is 24.3 Å². The quantitative estimate of drug-likeness (QED) is 0.0292. The van der Waals surface area contributed by atoms with Gasteiger partial charge in [0, 0.05) is 194 Å². The van der Waals surface area contributed by atoms with Crippen LogP contribution in [0.5, 0.6) is 0 Å². The molecular weight excluding hydrogens is 1880 g/mol. The zero-order valence-electron chi connectivity index (χ0n) is 85.3. The molecule has 24 nitrogen and oxygen atoms in total. The van der Waals surface area contributed by atoms with Crippen molar-refractivity contribution in [3.63, 3.8) is 0 Å². The lowest BCUT2D eigenvalue weighted by Gasteiger charge is -2.23. The number of rotatable bonds is 29. The van der Waals surface area contributed by atoms with Crippen LogP contribution in [0.25, 0.3) is 85.0 Å². The summed E-state index contributed by atoms with van der Waals surface area (Å²) in [6.07, 6.45) is 25.6. The molecule has 0 unspecified atom stereocenters. The van der Waals surface area contributed by atoms with Crippen molar-refractivity contribution in [1.82, 2.24) is 82.6 Å². The summed E-state index contributed by atoms with van der Waals surface area (Å²) >= 11 is 8.08. The lowest BCUT2D eigenvalue weighted by atomic mass is 10.0. The van der Waals surface area contributed by atoms with Crippen LogP contribution < -0.4 is 36.4 Å². The molecule has 29 heteroatoms. The van der Waals surface area contributed by atoms with Gasteiger partial charge in [0.25, 0.3) is 0 Å². The van der Waals surface area contributed by atoms with Crippen molar-refractivity contribution in [3.8, 4) is 85.0 Å². The van der Waals surface area contributed by atoms with Gasteiger partial charge in [-0.05, 0) is 254 Å². The molecule has 0 aliphatic carbocycles. The van der Waals surface area contributed by atoms with E-state index in [1.54, 1.807) is 81.9 Å². The summed E-state index contributed by atoms with van der Waals surface area (Å²) < 4.78 is 9.87. The van der Waals surface area contributed by atoms with Crippen LogP contribution in [0, 0.1) is 69.2 Å². The van der Waals surface area contributed by atoms with Crippen molar-refractivity contribution < 1.29 is 5.71 Å². The van der Waals surface area contributed by atoms with E-state index in [1.807, 2.05) is 131 Å². The summed E-state index contributed by atoms with van der Waals surface area (Å²) in [4.78, 5) is 58.8. The van der Waals surface area contributed by atoms with Crippen molar-refractivity contribution >= 4 is 122 Å². The van der Waals surface area contributed by atoms with Gasteiger partial charge in [-0.2, -0.15) is 0 Å². The number of aryl methyl sites for hydroxylation is 10. The topological polar surface area (TPSA) is 246 Å². The Morgan fingerprint density at radius 2 is 0.646 bits per heavy atom. The monoisotopic (exact) mass is 2010 g/mol. The standard InChI is InChI=1S/C25H29N5S.C23H26N6S.C23H24N4S.C22H23N5S.C22H22N4S.4H2/c1-5-13-29(6-2)22-10-7-18(3)23(14-22)27-25-28-24(16-31-25)20-8-11-21(12-9-20)30-15-19(4)26-17-30;1-6-28(5)21-10-19(15(2)9-16(21)3)26-23-27-20(13-30-23)18-7-8-22(24-11-18)29-12-17(4)25-14-29;1-15(2)19-6-5-16(3)21(11-19)25-23-26-22(13-28-23)18-7-9-20(10-8-18)27-12-17(4)24-14-27;1-14(2)17-6-5-15(3)19(9-17)25-22-26-20(12-28-22)18-7-8-21(23-10-18)27-11-16(4)24-13-27;1-15(2)18-5-4-16(3)20(12-18)24-22-25-21(13-27-22)17-6-8-19(9-7-17)26-11-10-23-14-26;;;;/h7-12,14-17H,5-6,13H2,1-4H3,(H,27,28);7-14H,6H2,1-5H3,(H,26,27);5-15H,1-4H3,(H,25,26);5-14H,1-4H3,(H,25,26);4-15H,1-3H3,(H,24,25);4*1H. The van der Waals surface area contributed by atoms with E-state index in [2.05, 4.69) is 367 Å². The van der Waals surface area contributed by atoms with Crippen LogP contribution in [-0.4, -0.2) is 109 Å². The minimum atomic E-state index is 0. The Labute approximate surface area is 871 Å². The largest absolute Gasteiger partial charge is 0.375 e. The fraction of sp³-hybridized carbons (Fsp3) is 0.235. The highest BCUT2D eigenvalue weighted by atomic mass is 32.1. The van der Waals surface area contributed by atoms with E-state index >= 15 is 0 Å². The maximum atomic E-state index is 4.83. The second-order valence-electron chi connectivity index (χ2n) is 36.7. The van der Waals surface area contributed by atoms with Crippen LogP contribution in [0.3, 0.4) is 0 Å². The number of benzene rings is 8. The Balaban J connectivity index is 0.000000163. The van der Waals surface area contributed by atoms with E-state index in [4.69, 9.17) is 24.9 Å². The van der Waals surface area contributed by atoms with Crippen LogP contribution in [0.2, 0.25) is 0 Å². The lowest BCUT2D eigenvalue weighted by Crippen LogP contribution is -2.23. The number of nitrogens with one attached hydrogen (secondary N) is 5. The van der Waals surface area contributed by atoms with Crippen LogP contribution in [0.4, 0.5) is 65.5 Å². The van der Waals surface area contributed by atoms with E-state index in [9.17, 15) is 0 Å². The number of hydrogen-bond donors (Lipinski definition) is 5.